The molecule has 2 aliphatic heterocycles. The van der Waals surface area contributed by atoms with Gasteiger partial charge in [0, 0.05) is 31.4 Å². The van der Waals surface area contributed by atoms with Crippen LogP contribution >= 0.6 is 0 Å². The molecule has 3 heteroatoms. The summed E-state index contributed by atoms with van der Waals surface area (Å²) in [5.74, 6) is 0. The Morgan fingerprint density at radius 2 is 1.79 bits per heavy atom. The maximum Gasteiger partial charge on any atom is 0.0415 e. The minimum absolute atomic E-state index is 0.216. The SMILES string of the molecule is NC1CCCN(CCN2CCCC2)c2ccccc21. The number of nitrogens with two attached hydrogens (primary N) is 1. The number of para-hydroxylation sites is 1. The predicted octanol–water partition coefficient (Wildman–Crippen LogP) is 2.38. The van der Waals surface area contributed by atoms with Crippen LogP contribution in [0.25, 0.3) is 0 Å². The first-order valence-electron chi connectivity index (χ1n) is 7.66. The van der Waals surface area contributed by atoms with Crippen LogP contribution in [0.2, 0.25) is 0 Å². The van der Waals surface area contributed by atoms with Crippen LogP contribution in [-0.4, -0.2) is 37.6 Å². The second-order valence-corrected chi connectivity index (χ2v) is 5.84. The van der Waals surface area contributed by atoms with Gasteiger partial charge in [0.15, 0.2) is 0 Å². The van der Waals surface area contributed by atoms with E-state index in [9.17, 15) is 0 Å². The number of anilines is 1. The number of hydrogen-bond acceptors (Lipinski definition) is 3. The van der Waals surface area contributed by atoms with Gasteiger partial charge in [-0.05, 0) is 50.4 Å². The second kappa shape index (κ2) is 5.93. The van der Waals surface area contributed by atoms with E-state index in [1.165, 1.54) is 50.1 Å². The molecule has 1 aromatic carbocycles. The van der Waals surface area contributed by atoms with Gasteiger partial charge in [0.05, 0.1) is 0 Å². The second-order valence-electron chi connectivity index (χ2n) is 5.84. The number of hydrogen-bond donors (Lipinski definition) is 1. The van der Waals surface area contributed by atoms with E-state index in [-0.39, 0.29) is 6.04 Å². The summed E-state index contributed by atoms with van der Waals surface area (Å²) >= 11 is 0. The number of fused-ring (bicyclic) bond motifs is 1. The Kier molecular flexibility index (Phi) is 4.04. The molecule has 0 radical (unpaired) electrons. The largest absolute Gasteiger partial charge is 0.370 e. The van der Waals surface area contributed by atoms with Gasteiger partial charge in [-0.3, -0.25) is 0 Å². The van der Waals surface area contributed by atoms with Crippen molar-refractivity contribution < 1.29 is 0 Å². The third-order valence-electron chi connectivity index (χ3n) is 4.50. The summed E-state index contributed by atoms with van der Waals surface area (Å²) in [4.78, 5) is 5.13. The number of nitrogens with zero attached hydrogens (tertiary/aromatic N) is 2. The summed E-state index contributed by atoms with van der Waals surface area (Å²) < 4.78 is 0. The van der Waals surface area contributed by atoms with E-state index in [1.807, 2.05) is 0 Å². The van der Waals surface area contributed by atoms with Crippen LogP contribution in [-0.2, 0) is 0 Å². The summed E-state index contributed by atoms with van der Waals surface area (Å²) in [5, 5.41) is 0. The summed E-state index contributed by atoms with van der Waals surface area (Å²) in [6, 6.07) is 8.91. The maximum atomic E-state index is 6.29. The van der Waals surface area contributed by atoms with Crippen molar-refractivity contribution in [1.82, 2.24) is 4.90 Å². The van der Waals surface area contributed by atoms with Gasteiger partial charge >= 0.3 is 0 Å². The molecule has 1 aromatic rings. The summed E-state index contributed by atoms with van der Waals surface area (Å²) in [5.41, 5.74) is 8.99. The minimum atomic E-state index is 0.216. The van der Waals surface area contributed by atoms with E-state index in [2.05, 4.69) is 34.1 Å². The van der Waals surface area contributed by atoms with Gasteiger partial charge < -0.3 is 15.5 Å². The summed E-state index contributed by atoms with van der Waals surface area (Å²) in [7, 11) is 0. The fourth-order valence-corrected chi connectivity index (χ4v) is 3.37. The molecule has 0 spiro atoms. The smallest absolute Gasteiger partial charge is 0.0415 e. The van der Waals surface area contributed by atoms with Crippen molar-refractivity contribution in [3.05, 3.63) is 29.8 Å². The first-order chi connectivity index (χ1) is 9.34. The zero-order valence-electron chi connectivity index (χ0n) is 11.7. The van der Waals surface area contributed by atoms with Crippen molar-refractivity contribution in [3.8, 4) is 0 Å². The van der Waals surface area contributed by atoms with Gasteiger partial charge in [0.25, 0.3) is 0 Å². The van der Waals surface area contributed by atoms with Crippen LogP contribution in [0, 0.1) is 0 Å². The number of rotatable bonds is 3. The van der Waals surface area contributed by atoms with Crippen molar-refractivity contribution >= 4 is 5.69 Å². The van der Waals surface area contributed by atoms with Gasteiger partial charge in [0.1, 0.15) is 0 Å². The molecular weight excluding hydrogens is 234 g/mol. The third kappa shape index (κ3) is 2.93. The fraction of sp³-hybridized carbons (Fsp3) is 0.625. The zero-order valence-corrected chi connectivity index (χ0v) is 11.7. The van der Waals surface area contributed by atoms with Gasteiger partial charge in [-0.25, -0.2) is 0 Å². The highest BCUT2D eigenvalue weighted by Gasteiger charge is 2.20. The van der Waals surface area contributed by atoms with Crippen molar-refractivity contribution in [2.45, 2.75) is 31.7 Å². The lowest BCUT2D eigenvalue weighted by Crippen LogP contribution is -2.34. The normalized spacial score (nSPS) is 24.3. The molecule has 104 valence electrons. The van der Waals surface area contributed by atoms with E-state index in [0.29, 0.717) is 0 Å². The van der Waals surface area contributed by atoms with Crippen LogP contribution in [0.5, 0.6) is 0 Å². The Bertz CT molecular complexity index is 412. The first kappa shape index (κ1) is 12.9. The van der Waals surface area contributed by atoms with E-state index in [0.717, 1.165) is 19.5 Å². The van der Waals surface area contributed by atoms with Crippen molar-refractivity contribution in [3.63, 3.8) is 0 Å². The summed E-state index contributed by atoms with van der Waals surface area (Å²) in [6.07, 6.45) is 5.07. The molecule has 0 amide bonds. The Labute approximate surface area is 116 Å². The zero-order chi connectivity index (χ0) is 13.1. The molecular formula is C16H25N3. The Morgan fingerprint density at radius 1 is 1.00 bits per heavy atom. The molecule has 1 unspecified atom stereocenters. The van der Waals surface area contributed by atoms with E-state index >= 15 is 0 Å². The number of benzene rings is 1. The average Bonchev–Trinajstić information content (AvgIpc) is 2.90. The topological polar surface area (TPSA) is 32.5 Å². The van der Waals surface area contributed by atoms with Gasteiger partial charge in [-0.1, -0.05) is 18.2 Å². The Balaban J connectivity index is 1.71. The van der Waals surface area contributed by atoms with Crippen LogP contribution in [0.4, 0.5) is 5.69 Å². The lowest BCUT2D eigenvalue weighted by atomic mass is 10.0. The molecule has 0 saturated carbocycles. The molecule has 2 N–H and O–H groups in total. The average molecular weight is 259 g/mol. The quantitative estimate of drug-likeness (QED) is 0.904. The minimum Gasteiger partial charge on any atom is -0.370 e. The van der Waals surface area contributed by atoms with Crippen molar-refractivity contribution in [1.29, 1.82) is 0 Å². The van der Waals surface area contributed by atoms with Crippen molar-refractivity contribution in [2.75, 3.05) is 37.6 Å². The molecule has 0 aromatic heterocycles. The maximum absolute atomic E-state index is 6.29. The molecule has 1 fully saturated rings. The Morgan fingerprint density at radius 3 is 2.63 bits per heavy atom. The lowest BCUT2D eigenvalue weighted by Gasteiger charge is -2.27. The highest BCUT2D eigenvalue weighted by molar-refractivity contribution is 5.55. The predicted molar refractivity (Wildman–Crippen MR) is 80.5 cm³/mol. The van der Waals surface area contributed by atoms with Crippen LogP contribution in [0.3, 0.4) is 0 Å². The monoisotopic (exact) mass is 259 g/mol. The van der Waals surface area contributed by atoms with Crippen LogP contribution in [0.1, 0.15) is 37.3 Å². The van der Waals surface area contributed by atoms with E-state index < -0.39 is 0 Å². The molecule has 0 bridgehead atoms. The molecule has 2 heterocycles. The van der Waals surface area contributed by atoms with E-state index in [4.69, 9.17) is 5.73 Å². The molecule has 3 rings (SSSR count). The first-order valence-corrected chi connectivity index (χ1v) is 7.66. The van der Waals surface area contributed by atoms with Gasteiger partial charge in [-0.15, -0.1) is 0 Å². The highest BCUT2D eigenvalue weighted by atomic mass is 15.2. The Hall–Kier alpha value is -1.06. The van der Waals surface area contributed by atoms with Gasteiger partial charge in [0.2, 0.25) is 0 Å². The molecule has 19 heavy (non-hydrogen) atoms. The lowest BCUT2D eigenvalue weighted by molar-refractivity contribution is 0.344. The summed E-state index contributed by atoms with van der Waals surface area (Å²) in [6.45, 7) is 6.07. The third-order valence-corrected chi connectivity index (χ3v) is 4.50. The van der Waals surface area contributed by atoms with Crippen LogP contribution < -0.4 is 10.6 Å². The van der Waals surface area contributed by atoms with Crippen LogP contribution in [0.15, 0.2) is 24.3 Å². The van der Waals surface area contributed by atoms with Gasteiger partial charge in [-0.2, -0.15) is 0 Å². The molecule has 2 aliphatic rings. The van der Waals surface area contributed by atoms with Crippen molar-refractivity contribution in [2.24, 2.45) is 5.73 Å². The highest BCUT2D eigenvalue weighted by Crippen LogP contribution is 2.31. The van der Waals surface area contributed by atoms with E-state index in [1.54, 1.807) is 0 Å². The molecule has 0 aliphatic carbocycles. The molecule has 1 atom stereocenters. The molecule has 1 saturated heterocycles. The number of likely N-dealkylation sites (tertiary alicyclic amines) is 1. The fourth-order valence-electron chi connectivity index (χ4n) is 3.37. The standard InChI is InChI=1S/C16H25N3/c17-15-7-5-11-19(13-12-18-9-3-4-10-18)16-8-2-1-6-14(15)16/h1-2,6,8,15H,3-5,7,9-13,17H2. The molecule has 3 nitrogen and oxygen atoms in total.